The van der Waals surface area contributed by atoms with E-state index in [1.165, 1.54) is 0 Å². The van der Waals surface area contributed by atoms with Crippen molar-refractivity contribution in [3.63, 3.8) is 0 Å². The van der Waals surface area contributed by atoms with E-state index in [-0.39, 0.29) is 6.61 Å². The van der Waals surface area contributed by atoms with Crippen LogP contribution < -0.4 is 0 Å². The second-order valence-corrected chi connectivity index (χ2v) is 2.09. The molecule has 0 rings (SSSR count). The molecule has 0 spiro atoms. The number of aliphatic hydroxyl groups excluding tert-OH is 1. The first-order chi connectivity index (χ1) is 3.41. The van der Waals surface area contributed by atoms with Crippen LogP contribution in [-0.2, 0) is 4.74 Å². The summed E-state index contributed by atoms with van der Waals surface area (Å²) in [6.45, 7) is 0.244. The van der Waals surface area contributed by atoms with E-state index in [4.69, 9.17) is 9.84 Å². The van der Waals surface area contributed by atoms with Gasteiger partial charge in [-0.05, 0) is 0 Å². The molecule has 0 saturated carbocycles. The van der Waals surface area contributed by atoms with Crippen LogP contribution in [0.4, 0.5) is 0 Å². The summed E-state index contributed by atoms with van der Waals surface area (Å²) in [5, 5.41) is 8.22. The van der Waals surface area contributed by atoms with E-state index in [9.17, 15) is 0 Å². The number of rotatable bonds is 4. The van der Waals surface area contributed by atoms with Crippen molar-refractivity contribution in [3.05, 3.63) is 0 Å². The monoisotopic (exact) mass is 122 g/mol. The normalized spacial score (nSPS) is 9.43. The van der Waals surface area contributed by atoms with Gasteiger partial charge in [0.25, 0.3) is 0 Å². The van der Waals surface area contributed by atoms with E-state index in [0.29, 0.717) is 5.94 Å². The first kappa shape index (κ1) is 7.27. The summed E-state index contributed by atoms with van der Waals surface area (Å²) in [5.41, 5.74) is 0. The third kappa shape index (κ3) is 6.27. The van der Waals surface area contributed by atoms with E-state index >= 15 is 0 Å². The molecule has 0 radical (unpaired) electrons. The second-order valence-electron chi connectivity index (χ2n) is 1.04. The maximum Gasteiger partial charge on any atom is 0.0917 e. The lowest BCUT2D eigenvalue weighted by Crippen LogP contribution is -1.88. The molecule has 44 valence electrons. The Labute approximate surface area is 47.9 Å². The molecule has 3 heteroatoms. The minimum Gasteiger partial charge on any atom is -0.396 e. The molecule has 0 unspecified atom stereocenters. The molecule has 0 aliphatic rings. The zero-order valence-electron chi connectivity index (χ0n) is 4.39. The highest BCUT2D eigenvalue weighted by Crippen LogP contribution is 1.95. The average Bonchev–Trinajstić information content (AvgIpc) is 1.69. The zero-order valence-corrected chi connectivity index (χ0v) is 5.20. The molecule has 7 heavy (non-hydrogen) atoms. The highest BCUT2D eigenvalue weighted by molar-refractivity contribution is 7.99. The van der Waals surface area contributed by atoms with Crippen molar-refractivity contribution in [2.45, 2.75) is 0 Å². The Morgan fingerprint density at radius 2 is 2.43 bits per heavy atom. The predicted octanol–water partition coefficient (Wildman–Crippen LogP) is 0.316. The van der Waals surface area contributed by atoms with Crippen LogP contribution in [0.15, 0.2) is 0 Å². The lowest BCUT2D eigenvalue weighted by Gasteiger charge is -1.92. The topological polar surface area (TPSA) is 29.5 Å². The van der Waals surface area contributed by atoms with Gasteiger partial charge in [0.1, 0.15) is 0 Å². The van der Waals surface area contributed by atoms with Gasteiger partial charge in [-0.15, -0.1) is 11.8 Å². The van der Waals surface area contributed by atoms with Gasteiger partial charge in [-0.1, -0.05) is 0 Å². The van der Waals surface area contributed by atoms with Crippen LogP contribution in [0.1, 0.15) is 0 Å². The van der Waals surface area contributed by atoms with Crippen molar-refractivity contribution < 1.29 is 9.84 Å². The maximum absolute atomic E-state index is 8.22. The summed E-state index contributed by atoms with van der Waals surface area (Å²) < 4.78 is 4.70. The van der Waals surface area contributed by atoms with E-state index in [1.54, 1.807) is 18.9 Å². The standard InChI is InChI=1S/C4H10O2S/c1-6-4-7-3-2-5/h5H,2-4H2,1H3. The Hall–Kier alpha value is 0.270. The number of ether oxygens (including phenoxy) is 1. The highest BCUT2D eigenvalue weighted by atomic mass is 32.2. The molecule has 0 bridgehead atoms. The number of aliphatic hydroxyl groups is 1. The maximum atomic E-state index is 8.22. The molecule has 0 saturated heterocycles. The molecule has 0 aliphatic heterocycles. The Bertz CT molecular complexity index is 28.9. The molecule has 0 aromatic heterocycles. The molecular weight excluding hydrogens is 112 g/mol. The van der Waals surface area contributed by atoms with E-state index < -0.39 is 0 Å². The summed E-state index contributed by atoms with van der Waals surface area (Å²) in [7, 11) is 1.64. The fraction of sp³-hybridized carbons (Fsp3) is 1.00. The summed E-state index contributed by atoms with van der Waals surface area (Å²) >= 11 is 1.58. The van der Waals surface area contributed by atoms with Gasteiger partial charge in [0.2, 0.25) is 0 Å². The number of hydrogen-bond donors (Lipinski definition) is 1. The van der Waals surface area contributed by atoms with Crippen LogP contribution in [0.25, 0.3) is 0 Å². The van der Waals surface area contributed by atoms with Crippen LogP contribution >= 0.6 is 11.8 Å². The van der Waals surface area contributed by atoms with Gasteiger partial charge in [0, 0.05) is 12.9 Å². The van der Waals surface area contributed by atoms with Gasteiger partial charge < -0.3 is 9.84 Å². The Balaban J connectivity index is 2.45. The molecule has 0 amide bonds. The Morgan fingerprint density at radius 3 is 2.86 bits per heavy atom. The van der Waals surface area contributed by atoms with Crippen LogP contribution in [0.5, 0.6) is 0 Å². The summed E-state index contributed by atoms with van der Waals surface area (Å²) in [5.74, 6) is 1.45. The highest BCUT2D eigenvalue weighted by Gasteiger charge is 1.80. The van der Waals surface area contributed by atoms with Crippen LogP contribution in [0.2, 0.25) is 0 Å². The van der Waals surface area contributed by atoms with Gasteiger partial charge in [-0.25, -0.2) is 0 Å². The van der Waals surface area contributed by atoms with Crippen LogP contribution in [0, 0.1) is 0 Å². The number of methoxy groups -OCH3 is 1. The fourth-order valence-electron chi connectivity index (χ4n) is 0.207. The van der Waals surface area contributed by atoms with E-state index in [1.807, 2.05) is 0 Å². The predicted molar refractivity (Wildman–Crippen MR) is 31.4 cm³/mol. The lowest BCUT2D eigenvalue weighted by molar-refractivity contribution is 0.257. The molecule has 1 N–H and O–H groups in total. The number of thioether (sulfide) groups is 1. The number of hydrogen-bond acceptors (Lipinski definition) is 3. The van der Waals surface area contributed by atoms with Crippen molar-refractivity contribution in [3.8, 4) is 0 Å². The van der Waals surface area contributed by atoms with Crippen molar-refractivity contribution in [1.29, 1.82) is 0 Å². The van der Waals surface area contributed by atoms with Crippen molar-refractivity contribution in [2.24, 2.45) is 0 Å². The Morgan fingerprint density at radius 1 is 1.71 bits per heavy atom. The third-order valence-electron chi connectivity index (χ3n) is 0.437. The molecule has 0 heterocycles. The molecule has 0 aromatic rings. The van der Waals surface area contributed by atoms with Gasteiger partial charge in [-0.3, -0.25) is 0 Å². The van der Waals surface area contributed by atoms with Gasteiger partial charge in [0.05, 0.1) is 12.5 Å². The molecular formula is C4H10O2S. The summed E-state index contributed by atoms with van der Waals surface area (Å²) in [6, 6.07) is 0. The fourth-order valence-corrected chi connectivity index (χ4v) is 0.620. The van der Waals surface area contributed by atoms with E-state index in [0.717, 1.165) is 5.75 Å². The first-order valence-corrected chi connectivity index (χ1v) is 3.25. The molecule has 0 fully saturated rings. The second kappa shape index (κ2) is 6.27. The van der Waals surface area contributed by atoms with Crippen LogP contribution in [0.3, 0.4) is 0 Å². The SMILES string of the molecule is COCSCCO. The third-order valence-corrected chi connectivity index (χ3v) is 1.31. The van der Waals surface area contributed by atoms with Gasteiger partial charge >= 0.3 is 0 Å². The largest absolute Gasteiger partial charge is 0.396 e. The smallest absolute Gasteiger partial charge is 0.0917 e. The van der Waals surface area contributed by atoms with Crippen molar-refractivity contribution in [2.75, 3.05) is 25.4 Å². The minimum absolute atomic E-state index is 0.244. The molecule has 0 aliphatic carbocycles. The minimum atomic E-state index is 0.244. The molecule has 2 nitrogen and oxygen atoms in total. The van der Waals surface area contributed by atoms with Gasteiger partial charge in [-0.2, -0.15) is 0 Å². The first-order valence-electron chi connectivity index (χ1n) is 2.09. The molecule has 0 aromatic carbocycles. The van der Waals surface area contributed by atoms with Crippen molar-refractivity contribution in [1.82, 2.24) is 0 Å². The quantitative estimate of drug-likeness (QED) is 0.430. The van der Waals surface area contributed by atoms with Crippen molar-refractivity contribution >= 4 is 11.8 Å². The lowest BCUT2D eigenvalue weighted by atomic mass is 10.9. The molecule has 0 atom stereocenters. The summed E-state index contributed by atoms with van der Waals surface area (Å²) in [4.78, 5) is 0. The van der Waals surface area contributed by atoms with E-state index in [2.05, 4.69) is 0 Å². The zero-order chi connectivity index (χ0) is 5.54. The average molecular weight is 122 g/mol. The van der Waals surface area contributed by atoms with Crippen LogP contribution in [-0.4, -0.2) is 30.5 Å². The van der Waals surface area contributed by atoms with Gasteiger partial charge in [0.15, 0.2) is 0 Å². The Kier molecular flexibility index (Phi) is 6.51. The summed E-state index contributed by atoms with van der Waals surface area (Å²) in [6.07, 6.45) is 0.